The minimum atomic E-state index is -0.374. The number of piperidine rings is 1. The zero-order valence-electron chi connectivity index (χ0n) is 15.3. The first-order valence-corrected chi connectivity index (χ1v) is 9.93. The van der Waals surface area contributed by atoms with E-state index in [9.17, 15) is 14.4 Å². The van der Waals surface area contributed by atoms with Gasteiger partial charge in [0.1, 0.15) is 0 Å². The maximum absolute atomic E-state index is 12.7. The first kappa shape index (κ1) is 18.8. The second-order valence-corrected chi connectivity index (χ2v) is 8.16. The summed E-state index contributed by atoms with van der Waals surface area (Å²) in [7, 11) is 1.85. The predicted octanol–water partition coefficient (Wildman–Crippen LogP) is 2.21. The van der Waals surface area contributed by atoms with Gasteiger partial charge in [-0.15, -0.1) is 11.8 Å². The maximum atomic E-state index is 12.7. The third kappa shape index (κ3) is 3.87. The largest absolute Gasteiger partial charge is 0.345 e. The van der Waals surface area contributed by atoms with E-state index in [0.29, 0.717) is 18.8 Å². The van der Waals surface area contributed by atoms with Crippen LogP contribution < -0.4 is 5.32 Å². The fourth-order valence-electron chi connectivity index (χ4n) is 3.85. The second kappa shape index (κ2) is 7.70. The average molecular weight is 375 g/mol. The third-order valence-electron chi connectivity index (χ3n) is 5.20. The number of hydrogen-bond acceptors (Lipinski definition) is 4. The number of carbonyl (C=O) groups is 3. The number of thioether (sulfide) groups is 1. The molecule has 140 valence electrons. The third-order valence-corrected chi connectivity index (χ3v) is 6.26. The number of rotatable bonds is 4. The number of benzene rings is 1. The molecule has 1 aromatic rings. The molecule has 2 heterocycles. The zero-order valence-corrected chi connectivity index (χ0v) is 16.1. The lowest BCUT2D eigenvalue weighted by atomic mass is 9.78. The summed E-state index contributed by atoms with van der Waals surface area (Å²) in [4.78, 5) is 41.1. The minimum Gasteiger partial charge on any atom is -0.345 e. The molecule has 2 aliphatic heterocycles. The summed E-state index contributed by atoms with van der Waals surface area (Å²) in [6, 6.07) is 7.47. The van der Waals surface area contributed by atoms with Crippen LogP contribution in [0.3, 0.4) is 0 Å². The van der Waals surface area contributed by atoms with Crippen LogP contribution in [-0.4, -0.2) is 60.0 Å². The Balaban J connectivity index is 1.60. The average Bonchev–Trinajstić information content (AvgIpc) is 3.03. The Hall–Kier alpha value is -2.02. The number of para-hydroxylation sites is 1. The van der Waals surface area contributed by atoms with Crippen molar-refractivity contribution in [2.75, 3.05) is 37.8 Å². The molecule has 1 atom stereocenters. The van der Waals surface area contributed by atoms with Crippen LogP contribution >= 0.6 is 11.8 Å². The van der Waals surface area contributed by atoms with Gasteiger partial charge in [0.05, 0.1) is 16.9 Å². The molecule has 2 saturated heterocycles. The quantitative estimate of drug-likeness (QED) is 0.819. The number of carbonyl (C=O) groups excluding carboxylic acids is 3. The van der Waals surface area contributed by atoms with Crippen LogP contribution in [0.1, 0.15) is 26.2 Å². The van der Waals surface area contributed by atoms with Crippen LogP contribution in [0, 0.1) is 5.41 Å². The van der Waals surface area contributed by atoms with E-state index in [0.717, 1.165) is 36.4 Å². The van der Waals surface area contributed by atoms with Crippen molar-refractivity contribution in [3.8, 4) is 0 Å². The van der Waals surface area contributed by atoms with E-state index in [1.807, 2.05) is 36.2 Å². The molecule has 1 spiro atoms. The van der Waals surface area contributed by atoms with Gasteiger partial charge in [0.15, 0.2) is 0 Å². The van der Waals surface area contributed by atoms with Gasteiger partial charge in [-0.1, -0.05) is 12.1 Å². The summed E-state index contributed by atoms with van der Waals surface area (Å²) in [6.45, 7) is 3.45. The van der Waals surface area contributed by atoms with Gasteiger partial charge in [-0.3, -0.25) is 14.4 Å². The van der Waals surface area contributed by atoms with E-state index in [1.165, 1.54) is 18.7 Å². The molecule has 1 N–H and O–H groups in total. The molecule has 2 aliphatic rings. The molecule has 3 rings (SSSR count). The van der Waals surface area contributed by atoms with E-state index in [-0.39, 0.29) is 23.1 Å². The number of nitrogens with one attached hydrogen (secondary N) is 1. The number of amides is 3. The molecule has 0 saturated carbocycles. The highest BCUT2D eigenvalue weighted by Gasteiger charge is 2.48. The normalized spacial score (nSPS) is 22.8. The summed E-state index contributed by atoms with van der Waals surface area (Å²) in [5.41, 5.74) is 0.348. The maximum Gasteiger partial charge on any atom is 0.232 e. The molecule has 1 aromatic carbocycles. The molecule has 26 heavy (non-hydrogen) atoms. The summed E-state index contributed by atoms with van der Waals surface area (Å²) in [6.07, 6.45) is 2.64. The lowest BCUT2D eigenvalue weighted by Crippen LogP contribution is -2.48. The van der Waals surface area contributed by atoms with Crippen LogP contribution in [0.15, 0.2) is 29.2 Å². The highest BCUT2D eigenvalue weighted by Crippen LogP contribution is 2.40. The van der Waals surface area contributed by atoms with E-state index in [1.54, 1.807) is 4.90 Å². The molecule has 0 radical (unpaired) electrons. The van der Waals surface area contributed by atoms with Crippen molar-refractivity contribution in [2.45, 2.75) is 31.1 Å². The Morgan fingerprint density at radius 1 is 1.23 bits per heavy atom. The molecule has 7 heteroatoms. The Morgan fingerprint density at radius 3 is 2.77 bits per heavy atom. The van der Waals surface area contributed by atoms with Crippen molar-refractivity contribution < 1.29 is 14.4 Å². The summed E-state index contributed by atoms with van der Waals surface area (Å²) in [5.74, 6) is 0.399. The van der Waals surface area contributed by atoms with Crippen LogP contribution in [0.5, 0.6) is 0 Å². The van der Waals surface area contributed by atoms with Gasteiger partial charge in [-0.2, -0.15) is 0 Å². The number of likely N-dealkylation sites (tertiary alicyclic amines) is 2. The SMILES string of the molecule is CC(=O)Nc1ccccc1SCC(=O)N1CC[C@]2(CCCN(C)C2=O)C1. The van der Waals surface area contributed by atoms with Gasteiger partial charge < -0.3 is 15.1 Å². The van der Waals surface area contributed by atoms with Crippen LogP contribution in [-0.2, 0) is 14.4 Å². The topological polar surface area (TPSA) is 69.7 Å². The van der Waals surface area contributed by atoms with Crippen LogP contribution in [0.2, 0.25) is 0 Å². The highest BCUT2D eigenvalue weighted by molar-refractivity contribution is 8.00. The first-order valence-electron chi connectivity index (χ1n) is 8.94. The van der Waals surface area contributed by atoms with Gasteiger partial charge in [0.2, 0.25) is 17.7 Å². The summed E-state index contributed by atoms with van der Waals surface area (Å²) in [5, 5.41) is 2.79. The van der Waals surface area contributed by atoms with Gasteiger partial charge in [0, 0.05) is 38.5 Å². The van der Waals surface area contributed by atoms with Gasteiger partial charge in [0.25, 0.3) is 0 Å². The van der Waals surface area contributed by atoms with E-state index < -0.39 is 0 Å². The van der Waals surface area contributed by atoms with Crippen molar-refractivity contribution in [1.82, 2.24) is 9.80 Å². The van der Waals surface area contributed by atoms with Crippen molar-refractivity contribution in [2.24, 2.45) is 5.41 Å². The zero-order chi connectivity index (χ0) is 18.7. The fraction of sp³-hybridized carbons (Fsp3) is 0.526. The molecular formula is C19H25N3O3S. The summed E-state index contributed by atoms with van der Waals surface area (Å²) < 4.78 is 0. The Morgan fingerprint density at radius 2 is 2.00 bits per heavy atom. The van der Waals surface area contributed by atoms with Gasteiger partial charge >= 0.3 is 0 Å². The van der Waals surface area contributed by atoms with E-state index in [2.05, 4.69) is 5.32 Å². The molecule has 2 fully saturated rings. The number of hydrogen-bond donors (Lipinski definition) is 1. The Kier molecular flexibility index (Phi) is 5.55. The fourth-order valence-corrected chi connectivity index (χ4v) is 4.76. The monoisotopic (exact) mass is 375 g/mol. The first-order chi connectivity index (χ1) is 12.4. The Bertz CT molecular complexity index is 724. The molecule has 0 aromatic heterocycles. The van der Waals surface area contributed by atoms with Crippen molar-refractivity contribution in [3.05, 3.63) is 24.3 Å². The standard InChI is InChI=1S/C19H25N3O3S/c1-14(23)20-15-6-3-4-7-16(15)26-12-17(24)22-11-9-19(13-22)8-5-10-21(2)18(19)25/h3-4,6-7H,5,8-13H2,1-2H3,(H,20,23)/t19-/m1/s1. The molecule has 3 amide bonds. The van der Waals surface area contributed by atoms with Crippen LogP contribution in [0.4, 0.5) is 5.69 Å². The Labute approximate surface area is 158 Å². The number of anilines is 1. The number of nitrogens with zero attached hydrogens (tertiary/aromatic N) is 2. The second-order valence-electron chi connectivity index (χ2n) is 7.14. The molecule has 0 unspecified atom stereocenters. The predicted molar refractivity (Wildman–Crippen MR) is 102 cm³/mol. The van der Waals surface area contributed by atoms with E-state index >= 15 is 0 Å². The van der Waals surface area contributed by atoms with Crippen LogP contribution in [0.25, 0.3) is 0 Å². The lowest BCUT2D eigenvalue weighted by Gasteiger charge is -2.37. The molecule has 0 aliphatic carbocycles. The summed E-state index contributed by atoms with van der Waals surface area (Å²) >= 11 is 1.42. The van der Waals surface area contributed by atoms with Gasteiger partial charge in [-0.05, 0) is 31.4 Å². The smallest absolute Gasteiger partial charge is 0.232 e. The lowest BCUT2D eigenvalue weighted by molar-refractivity contribution is -0.144. The molecular weight excluding hydrogens is 350 g/mol. The molecule has 6 nitrogen and oxygen atoms in total. The highest BCUT2D eigenvalue weighted by atomic mass is 32.2. The van der Waals surface area contributed by atoms with Crippen molar-refractivity contribution in [1.29, 1.82) is 0 Å². The minimum absolute atomic E-state index is 0.0468. The van der Waals surface area contributed by atoms with E-state index in [4.69, 9.17) is 0 Å². The van der Waals surface area contributed by atoms with Crippen molar-refractivity contribution in [3.63, 3.8) is 0 Å². The van der Waals surface area contributed by atoms with Gasteiger partial charge in [-0.25, -0.2) is 0 Å². The van der Waals surface area contributed by atoms with Crippen molar-refractivity contribution >= 4 is 35.2 Å². The molecule has 0 bridgehead atoms.